The molecule has 0 aliphatic carbocycles. The van der Waals surface area contributed by atoms with Crippen LogP contribution in [-0.4, -0.2) is 65.8 Å². The molecule has 0 saturated carbocycles. The maximum absolute atomic E-state index is 13.2. The van der Waals surface area contributed by atoms with Crippen molar-refractivity contribution in [2.24, 2.45) is 0 Å². The van der Waals surface area contributed by atoms with Crippen molar-refractivity contribution < 1.29 is 14.0 Å². The van der Waals surface area contributed by atoms with Gasteiger partial charge in [0.25, 0.3) is 5.91 Å². The summed E-state index contributed by atoms with van der Waals surface area (Å²) < 4.78 is 5.23. The standard InChI is InChI=1S/C21H25N3O3/c25-20(18-9-6-16-27-18)24-14-12-22(13-15-24)19(17-7-2-1-3-8-17)21(26)23-10-4-5-11-23/h1-3,6-9,16,19H,4-5,10-15H2/t19-/m1/s1. The SMILES string of the molecule is O=C(c1ccco1)N1CCN([C@@H](C(=O)N2CCCC2)c2ccccc2)CC1. The third-order valence-corrected chi connectivity index (χ3v) is 5.47. The largest absolute Gasteiger partial charge is 0.459 e. The lowest BCUT2D eigenvalue weighted by molar-refractivity contribution is -0.136. The molecular formula is C21H25N3O3. The number of rotatable bonds is 4. The molecule has 0 bridgehead atoms. The van der Waals surface area contributed by atoms with Crippen molar-refractivity contribution in [1.82, 2.24) is 14.7 Å². The highest BCUT2D eigenvalue weighted by atomic mass is 16.3. The second kappa shape index (κ2) is 7.96. The van der Waals surface area contributed by atoms with E-state index in [9.17, 15) is 9.59 Å². The molecule has 142 valence electrons. The van der Waals surface area contributed by atoms with E-state index in [0.29, 0.717) is 31.9 Å². The first-order valence-electron chi connectivity index (χ1n) is 9.64. The van der Waals surface area contributed by atoms with Crippen LogP contribution in [0.15, 0.2) is 53.1 Å². The minimum absolute atomic E-state index is 0.0817. The summed E-state index contributed by atoms with van der Waals surface area (Å²) in [4.78, 5) is 31.7. The van der Waals surface area contributed by atoms with Crippen molar-refractivity contribution >= 4 is 11.8 Å². The monoisotopic (exact) mass is 367 g/mol. The van der Waals surface area contributed by atoms with Crippen LogP contribution in [0.25, 0.3) is 0 Å². The van der Waals surface area contributed by atoms with E-state index in [1.807, 2.05) is 35.2 Å². The summed E-state index contributed by atoms with van der Waals surface area (Å²) >= 11 is 0. The summed E-state index contributed by atoms with van der Waals surface area (Å²) in [5, 5.41) is 0. The first kappa shape index (κ1) is 17.8. The fraction of sp³-hybridized carbons (Fsp3) is 0.429. The predicted molar refractivity (Wildman–Crippen MR) is 101 cm³/mol. The molecule has 1 aromatic heterocycles. The van der Waals surface area contributed by atoms with Gasteiger partial charge in [-0.2, -0.15) is 0 Å². The first-order valence-corrected chi connectivity index (χ1v) is 9.64. The number of furan rings is 1. The van der Waals surface area contributed by atoms with E-state index in [1.165, 1.54) is 6.26 Å². The van der Waals surface area contributed by atoms with Crippen LogP contribution in [-0.2, 0) is 4.79 Å². The molecule has 2 amide bonds. The summed E-state index contributed by atoms with van der Waals surface area (Å²) in [6.45, 7) is 4.22. The summed E-state index contributed by atoms with van der Waals surface area (Å²) in [5.41, 5.74) is 1.03. The minimum Gasteiger partial charge on any atom is -0.459 e. The zero-order chi connectivity index (χ0) is 18.6. The average molecular weight is 367 g/mol. The van der Waals surface area contributed by atoms with Gasteiger partial charge in [0.2, 0.25) is 5.91 Å². The molecular weight excluding hydrogens is 342 g/mol. The summed E-state index contributed by atoms with van der Waals surface area (Å²) in [5.74, 6) is 0.475. The van der Waals surface area contributed by atoms with Gasteiger partial charge in [0.1, 0.15) is 6.04 Å². The third-order valence-electron chi connectivity index (χ3n) is 5.47. The molecule has 1 aromatic carbocycles. The van der Waals surface area contributed by atoms with E-state index in [0.717, 1.165) is 31.5 Å². The van der Waals surface area contributed by atoms with Crippen LogP contribution in [0.1, 0.15) is 35.0 Å². The van der Waals surface area contributed by atoms with Crippen LogP contribution in [0.4, 0.5) is 0 Å². The molecule has 27 heavy (non-hydrogen) atoms. The van der Waals surface area contributed by atoms with Crippen LogP contribution in [0.3, 0.4) is 0 Å². The van der Waals surface area contributed by atoms with Gasteiger partial charge in [-0.05, 0) is 30.5 Å². The molecule has 1 atom stereocenters. The molecule has 0 radical (unpaired) electrons. The maximum atomic E-state index is 13.2. The highest BCUT2D eigenvalue weighted by Gasteiger charge is 2.35. The molecule has 0 spiro atoms. The van der Waals surface area contributed by atoms with Crippen LogP contribution >= 0.6 is 0 Å². The van der Waals surface area contributed by atoms with Gasteiger partial charge in [-0.1, -0.05) is 30.3 Å². The quantitative estimate of drug-likeness (QED) is 0.833. The van der Waals surface area contributed by atoms with E-state index in [1.54, 1.807) is 17.0 Å². The van der Waals surface area contributed by atoms with Gasteiger partial charge in [-0.15, -0.1) is 0 Å². The van der Waals surface area contributed by atoms with E-state index in [-0.39, 0.29) is 17.9 Å². The molecule has 2 fully saturated rings. The fourth-order valence-corrected chi connectivity index (χ4v) is 3.99. The van der Waals surface area contributed by atoms with E-state index < -0.39 is 0 Å². The van der Waals surface area contributed by atoms with E-state index in [4.69, 9.17) is 4.42 Å². The smallest absolute Gasteiger partial charge is 0.289 e. The highest BCUT2D eigenvalue weighted by Crippen LogP contribution is 2.26. The fourth-order valence-electron chi connectivity index (χ4n) is 3.99. The average Bonchev–Trinajstić information content (AvgIpc) is 3.43. The Kier molecular flexibility index (Phi) is 5.25. The summed E-state index contributed by atoms with van der Waals surface area (Å²) in [6.07, 6.45) is 3.68. The molecule has 2 aliphatic rings. The summed E-state index contributed by atoms with van der Waals surface area (Å²) in [6, 6.07) is 13.1. The Morgan fingerprint density at radius 3 is 2.15 bits per heavy atom. The number of benzene rings is 1. The van der Waals surface area contributed by atoms with Crippen LogP contribution < -0.4 is 0 Å². The molecule has 4 rings (SSSR count). The zero-order valence-electron chi connectivity index (χ0n) is 15.4. The lowest BCUT2D eigenvalue weighted by Gasteiger charge is -2.39. The highest BCUT2D eigenvalue weighted by molar-refractivity contribution is 5.91. The number of carbonyl (C=O) groups excluding carboxylic acids is 2. The number of nitrogens with zero attached hydrogens (tertiary/aromatic N) is 3. The summed E-state index contributed by atoms with van der Waals surface area (Å²) in [7, 11) is 0. The predicted octanol–water partition coefficient (Wildman–Crippen LogP) is 2.40. The Morgan fingerprint density at radius 2 is 1.52 bits per heavy atom. The van der Waals surface area contributed by atoms with Crippen molar-refractivity contribution in [3.05, 3.63) is 60.1 Å². The number of carbonyl (C=O) groups is 2. The second-order valence-electron chi connectivity index (χ2n) is 7.15. The van der Waals surface area contributed by atoms with Gasteiger partial charge < -0.3 is 14.2 Å². The van der Waals surface area contributed by atoms with Crippen molar-refractivity contribution in [2.45, 2.75) is 18.9 Å². The molecule has 6 heteroatoms. The van der Waals surface area contributed by atoms with Crippen LogP contribution in [0.5, 0.6) is 0 Å². The molecule has 0 N–H and O–H groups in total. The third kappa shape index (κ3) is 3.76. The molecule has 3 heterocycles. The molecule has 2 aromatic rings. The normalized spacial score (nSPS) is 19.3. The van der Waals surface area contributed by atoms with Crippen molar-refractivity contribution in [3.8, 4) is 0 Å². The lowest BCUT2D eigenvalue weighted by Crippen LogP contribution is -2.52. The zero-order valence-corrected chi connectivity index (χ0v) is 15.4. The van der Waals surface area contributed by atoms with Crippen molar-refractivity contribution in [2.75, 3.05) is 39.3 Å². The first-order chi connectivity index (χ1) is 13.2. The van der Waals surface area contributed by atoms with Gasteiger partial charge in [-0.3, -0.25) is 14.5 Å². The second-order valence-corrected chi connectivity index (χ2v) is 7.15. The molecule has 2 saturated heterocycles. The Hall–Kier alpha value is -2.60. The molecule has 2 aliphatic heterocycles. The Bertz CT molecular complexity index is 761. The van der Waals surface area contributed by atoms with Crippen molar-refractivity contribution in [3.63, 3.8) is 0 Å². The molecule has 6 nitrogen and oxygen atoms in total. The van der Waals surface area contributed by atoms with Gasteiger partial charge in [0.15, 0.2) is 5.76 Å². The maximum Gasteiger partial charge on any atom is 0.289 e. The van der Waals surface area contributed by atoms with Crippen LogP contribution in [0.2, 0.25) is 0 Å². The minimum atomic E-state index is -0.273. The van der Waals surface area contributed by atoms with Crippen LogP contribution in [0, 0.1) is 0 Å². The topological polar surface area (TPSA) is 57.0 Å². The van der Waals surface area contributed by atoms with E-state index >= 15 is 0 Å². The number of hydrogen-bond donors (Lipinski definition) is 0. The van der Waals surface area contributed by atoms with E-state index in [2.05, 4.69) is 4.90 Å². The number of hydrogen-bond acceptors (Lipinski definition) is 4. The number of amides is 2. The van der Waals surface area contributed by atoms with Gasteiger partial charge >= 0.3 is 0 Å². The lowest BCUT2D eigenvalue weighted by atomic mass is 10.0. The van der Waals surface area contributed by atoms with Gasteiger partial charge in [-0.25, -0.2) is 0 Å². The number of likely N-dealkylation sites (tertiary alicyclic amines) is 1. The Labute approximate surface area is 159 Å². The van der Waals surface area contributed by atoms with Gasteiger partial charge in [0.05, 0.1) is 6.26 Å². The molecule has 0 unspecified atom stereocenters. The number of piperazine rings is 1. The Balaban J connectivity index is 1.48. The van der Waals surface area contributed by atoms with Gasteiger partial charge in [0, 0.05) is 39.3 Å². The Morgan fingerprint density at radius 1 is 0.815 bits per heavy atom. The van der Waals surface area contributed by atoms with Crippen molar-refractivity contribution in [1.29, 1.82) is 0 Å².